The van der Waals surface area contributed by atoms with Crippen molar-refractivity contribution in [3.63, 3.8) is 0 Å². The molecule has 2 heterocycles. The Hall–Kier alpha value is -2.90. The number of hydrogen-bond donors (Lipinski definition) is 1. The summed E-state index contributed by atoms with van der Waals surface area (Å²) in [6.07, 6.45) is 1.52. The van der Waals surface area contributed by atoms with Gasteiger partial charge in [-0.1, -0.05) is 24.3 Å². The van der Waals surface area contributed by atoms with Crippen LogP contribution in [0.4, 0.5) is 8.78 Å². The third-order valence-corrected chi connectivity index (χ3v) is 3.37. The number of carbonyl (C=O) groups is 1. The number of fused-ring (bicyclic) bond motifs is 1. The molecule has 0 aliphatic heterocycles. The molecule has 118 valence electrons. The average molecular weight is 317 g/mol. The highest BCUT2D eigenvalue weighted by atomic mass is 19.3. The lowest BCUT2D eigenvalue weighted by Crippen LogP contribution is -2.23. The molecular formula is C15H13F2N5O. The lowest BCUT2D eigenvalue weighted by molar-refractivity contribution is 0.0174. The fourth-order valence-corrected chi connectivity index (χ4v) is 2.08. The number of nitrogens with one attached hydrogen (secondary N) is 1. The second-order valence-corrected chi connectivity index (χ2v) is 5.17. The van der Waals surface area contributed by atoms with Crippen LogP contribution in [0, 0.1) is 0 Å². The molecule has 0 spiro atoms. The number of alkyl halides is 2. The number of carbonyl (C=O) groups excluding carboxylic acids is 1. The van der Waals surface area contributed by atoms with Gasteiger partial charge in [-0.3, -0.25) is 4.79 Å². The molecule has 1 amide bonds. The van der Waals surface area contributed by atoms with E-state index in [0.29, 0.717) is 11.2 Å². The van der Waals surface area contributed by atoms with Crippen LogP contribution in [0.15, 0.2) is 42.6 Å². The number of hydrogen-bond acceptors (Lipinski definition) is 4. The maximum absolute atomic E-state index is 13.1. The maximum Gasteiger partial charge on any atom is 0.270 e. The van der Waals surface area contributed by atoms with Crippen LogP contribution in [0.2, 0.25) is 0 Å². The fourth-order valence-electron chi connectivity index (χ4n) is 2.08. The number of benzene rings is 1. The van der Waals surface area contributed by atoms with Crippen molar-refractivity contribution in [2.24, 2.45) is 0 Å². The number of tetrazole rings is 1. The van der Waals surface area contributed by atoms with Gasteiger partial charge in [-0.25, -0.2) is 8.78 Å². The van der Waals surface area contributed by atoms with Crippen LogP contribution in [-0.4, -0.2) is 25.9 Å². The van der Waals surface area contributed by atoms with Gasteiger partial charge in [-0.2, -0.15) is 4.52 Å². The third kappa shape index (κ3) is 3.31. The van der Waals surface area contributed by atoms with Crippen LogP contribution in [0.3, 0.4) is 0 Å². The van der Waals surface area contributed by atoms with Crippen LogP contribution in [0.25, 0.3) is 5.65 Å². The van der Waals surface area contributed by atoms with Crippen LogP contribution in [0.5, 0.6) is 0 Å². The predicted octanol–water partition coefficient (Wildman–Crippen LogP) is 2.17. The first-order chi connectivity index (χ1) is 10.9. The Morgan fingerprint density at radius 2 is 1.96 bits per heavy atom. The second kappa shape index (κ2) is 5.71. The Labute approximate surface area is 130 Å². The van der Waals surface area contributed by atoms with Crippen LogP contribution in [0.1, 0.15) is 28.4 Å². The van der Waals surface area contributed by atoms with Crippen LogP contribution < -0.4 is 5.32 Å². The Morgan fingerprint density at radius 1 is 1.22 bits per heavy atom. The molecule has 0 aliphatic carbocycles. The molecule has 0 unspecified atom stereocenters. The molecule has 6 nitrogen and oxygen atoms in total. The molecule has 1 N–H and O–H groups in total. The van der Waals surface area contributed by atoms with Crippen molar-refractivity contribution in [2.75, 3.05) is 0 Å². The molecule has 1 aromatic carbocycles. The van der Waals surface area contributed by atoms with Crippen molar-refractivity contribution in [3.05, 3.63) is 59.3 Å². The van der Waals surface area contributed by atoms with E-state index in [0.717, 1.165) is 12.5 Å². The van der Waals surface area contributed by atoms with Crippen LogP contribution >= 0.6 is 0 Å². The summed E-state index contributed by atoms with van der Waals surface area (Å²) in [5.41, 5.74) is 1.62. The standard InChI is InChI=1S/C15H13F2N5O/c1-15(16,17)12-5-2-10(3-6-12)8-18-14(23)11-4-7-13-19-20-21-22(13)9-11/h2-7,9H,8H2,1H3,(H,18,23). The average Bonchev–Trinajstić information content (AvgIpc) is 2.99. The smallest absolute Gasteiger partial charge is 0.270 e. The van der Waals surface area contributed by atoms with Gasteiger partial charge in [0.25, 0.3) is 11.8 Å². The molecule has 8 heteroatoms. The van der Waals surface area contributed by atoms with Crippen molar-refractivity contribution in [1.82, 2.24) is 25.4 Å². The van der Waals surface area contributed by atoms with Gasteiger partial charge in [0, 0.05) is 25.2 Å². The molecule has 23 heavy (non-hydrogen) atoms. The highest BCUT2D eigenvalue weighted by molar-refractivity contribution is 5.94. The summed E-state index contributed by atoms with van der Waals surface area (Å²) in [4.78, 5) is 12.1. The van der Waals surface area contributed by atoms with Crippen molar-refractivity contribution < 1.29 is 13.6 Å². The Morgan fingerprint density at radius 3 is 2.65 bits per heavy atom. The fraction of sp³-hybridized carbons (Fsp3) is 0.200. The van der Waals surface area contributed by atoms with Gasteiger partial charge in [0.2, 0.25) is 0 Å². The number of aromatic nitrogens is 4. The van der Waals surface area contributed by atoms with Gasteiger partial charge < -0.3 is 5.32 Å². The Bertz CT molecular complexity index is 839. The molecule has 3 rings (SSSR count). The van der Waals surface area contributed by atoms with E-state index in [-0.39, 0.29) is 18.0 Å². The number of pyridine rings is 1. The Balaban J connectivity index is 1.66. The summed E-state index contributed by atoms with van der Waals surface area (Å²) < 4.78 is 27.7. The summed E-state index contributed by atoms with van der Waals surface area (Å²) in [5.74, 6) is -3.17. The highest BCUT2D eigenvalue weighted by Gasteiger charge is 2.23. The quantitative estimate of drug-likeness (QED) is 0.800. The molecule has 0 saturated heterocycles. The van der Waals surface area contributed by atoms with Crippen molar-refractivity contribution in [2.45, 2.75) is 19.4 Å². The van der Waals surface area contributed by atoms with Crippen LogP contribution in [-0.2, 0) is 12.5 Å². The topological polar surface area (TPSA) is 72.2 Å². The molecule has 0 atom stereocenters. The highest BCUT2D eigenvalue weighted by Crippen LogP contribution is 2.26. The Kier molecular flexibility index (Phi) is 3.73. The molecule has 0 bridgehead atoms. The monoisotopic (exact) mass is 317 g/mol. The molecular weight excluding hydrogens is 304 g/mol. The summed E-state index contributed by atoms with van der Waals surface area (Å²) in [7, 11) is 0. The van der Waals surface area contributed by atoms with Gasteiger partial charge in [-0.05, 0) is 28.1 Å². The number of halogens is 2. The largest absolute Gasteiger partial charge is 0.348 e. The number of nitrogens with zero attached hydrogens (tertiary/aromatic N) is 4. The first-order valence-corrected chi connectivity index (χ1v) is 6.87. The summed E-state index contributed by atoms with van der Waals surface area (Å²) in [5, 5.41) is 13.7. The third-order valence-electron chi connectivity index (χ3n) is 3.37. The van der Waals surface area contributed by atoms with Crippen molar-refractivity contribution in [1.29, 1.82) is 0 Å². The van der Waals surface area contributed by atoms with E-state index in [4.69, 9.17) is 0 Å². The van der Waals surface area contributed by atoms with Gasteiger partial charge in [0.1, 0.15) is 0 Å². The molecule has 3 aromatic rings. The zero-order valence-electron chi connectivity index (χ0n) is 12.2. The minimum atomic E-state index is -2.87. The van der Waals surface area contributed by atoms with Crippen molar-refractivity contribution in [3.8, 4) is 0 Å². The van der Waals surface area contributed by atoms with Gasteiger partial charge in [0.05, 0.1) is 5.56 Å². The van der Waals surface area contributed by atoms with E-state index < -0.39 is 5.92 Å². The van der Waals surface area contributed by atoms with E-state index in [9.17, 15) is 13.6 Å². The lowest BCUT2D eigenvalue weighted by Gasteiger charge is -2.11. The number of amides is 1. The molecule has 0 fully saturated rings. The number of rotatable bonds is 4. The first kappa shape index (κ1) is 15.0. The minimum absolute atomic E-state index is 0.0586. The molecule has 2 aromatic heterocycles. The molecule has 0 radical (unpaired) electrons. The minimum Gasteiger partial charge on any atom is -0.348 e. The summed E-state index contributed by atoms with van der Waals surface area (Å²) >= 11 is 0. The summed E-state index contributed by atoms with van der Waals surface area (Å²) in [6.45, 7) is 1.08. The first-order valence-electron chi connectivity index (χ1n) is 6.87. The molecule has 0 aliphatic rings. The SMILES string of the molecule is CC(F)(F)c1ccc(CNC(=O)c2ccc3nnnn3c2)cc1. The summed E-state index contributed by atoms with van der Waals surface area (Å²) in [6, 6.07) is 9.09. The predicted molar refractivity (Wildman–Crippen MR) is 78.0 cm³/mol. The maximum atomic E-state index is 13.1. The van der Waals surface area contributed by atoms with Gasteiger partial charge in [-0.15, -0.1) is 5.10 Å². The van der Waals surface area contributed by atoms with E-state index >= 15 is 0 Å². The zero-order chi connectivity index (χ0) is 16.4. The van der Waals surface area contributed by atoms with Gasteiger partial charge in [0.15, 0.2) is 5.65 Å². The van der Waals surface area contributed by atoms with E-state index in [1.54, 1.807) is 24.3 Å². The zero-order valence-corrected chi connectivity index (χ0v) is 12.2. The van der Waals surface area contributed by atoms with E-state index in [2.05, 4.69) is 20.8 Å². The van der Waals surface area contributed by atoms with E-state index in [1.165, 1.54) is 22.8 Å². The van der Waals surface area contributed by atoms with E-state index in [1.807, 2.05) is 0 Å². The lowest BCUT2D eigenvalue weighted by atomic mass is 10.1. The van der Waals surface area contributed by atoms with Crippen molar-refractivity contribution >= 4 is 11.6 Å². The second-order valence-electron chi connectivity index (χ2n) is 5.17. The normalized spacial score (nSPS) is 11.6. The molecule has 0 saturated carbocycles. The van der Waals surface area contributed by atoms with Gasteiger partial charge >= 0.3 is 0 Å².